The molecule has 3 rings (SSSR count). The SMILES string of the molecule is CN(C)S(=O)(=O)NC[C@@H](NC(=O)N[C@H](C(=O)N1C[C@H]2[C@@H]([C@H]1C(=O)NC(C(=O)C(N)=O)C1CC1)C2(C)C)C(C)(C)C)C(C)(C)C. The highest BCUT2D eigenvalue weighted by Gasteiger charge is 2.70. The molecule has 250 valence electrons. The Kier molecular flexibility index (Phi) is 9.90. The zero-order valence-corrected chi connectivity index (χ0v) is 28.4. The van der Waals surface area contributed by atoms with E-state index >= 15 is 0 Å². The molecule has 0 aromatic rings. The summed E-state index contributed by atoms with van der Waals surface area (Å²) in [5.41, 5.74) is 3.74. The Morgan fingerprint density at radius 3 is 1.98 bits per heavy atom. The molecule has 6 N–H and O–H groups in total. The first-order chi connectivity index (χ1) is 19.9. The average Bonchev–Trinajstić information content (AvgIpc) is 3.74. The van der Waals surface area contributed by atoms with Gasteiger partial charge >= 0.3 is 6.03 Å². The van der Waals surface area contributed by atoms with Crippen LogP contribution in [0.5, 0.6) is 0 Å². The van der Waals surface area contributed by atoms with Crippen LogP contribution in [0.3, 0.4) is 0 Å². The molecule has 15 heteroatoms. The number of Topliss-reactive ketones (excluding diaryl/α,β-unsaturated/α-hetero) is 1. The lowest BCUT2D eigenvalue weighted by Crippen LogP contribution is -2.63. The topological polar surface area (TPSA) is 200 Å². The summed E-state index contributed by atoms with van der Waals surface area (Å²) in [4.78, 5) is 66.9. The Labute approximate surface area is 261 Å². The maximum absolute atomic E-state index is 14.2. The first-order valence-corrected chi connectivity index (χ1v) is 16.5. The van der Waals surface area contributed by atoms with Crippen LogP contribution in [0.4, 0.5) is 4.79 Å². The molecule has 0 bridgehead atoms. The molecule has 1 aliphatic heterocycles. The zero-order chi connectivity index (χ0) is 33.7. The fourth-order valence-electron chi connectivity index (χ4n) is 6.07. The summed E-state index contributed by atoms with van der Waals surface area (Å²) in [7, 11) is -0.948. The molecular formula is C29H51N7O7S. The second-order valence-corrected chi connectivity index (χ2v) is 17.4. The molecule has 0 aromatic heterocycles. The number of ketones is 1. The lowest BCUT2D eigenvalue weighted by Gasteiger charge is -2.38. The average molecular weight is 642 g/mol. The van der Waals surface area contributed by atoms with Crippen molar-refractivity contribution in [3.63, 3.8) is 0 Å². The number of nitrogens with one attached hydrogen (secondary N) is 4. The molecular weight excluding hydrogens is 590 g/mol. The number of urea groups is 1. The van der Waals surface area contributed by atoms with Crippen molar-refractivity contribution in [1.82, 2.24) is 29.9 Å². The Morgan fingerprint density at radius 2 is 1.52 bits per heavy atom. The van der Waals surface area contributed by atoms with Gasteiger partial charge in [-0.3, -0.25) is 19.2 Å². The van der Waals surface area contributed by atoms with Crippen LogP contribution in [0.2, 0.25) is 0 Å². The molecule has 6 atom stereocenters. The highest BCUT2D eigenvalue weighted by Crippen LogP contribution is 2.65. The van der Waals surface area contributed by atoms with Crippen LogP contribution in [0, 0.1) is 34.0 Å². The summed E-state index contributed by atoms with van der Waals surface area (Å²) >= 11 is 0. The number of fused-ring (bicyclic) bond motifs is 1. The van der Waals surface area contributed by atoms with Crippen LogP contribution in [-0.4, -0.2) is 98.5 Å². The van der Waals surface area contributed by atoms with Gasteiger partial charge < -0.3 is 26.6 Å². The second-order valence-electron chi connectivity index (χ2n) is 15.4. The summed E-state index contributed by atoms with van der Waals surface area (Å²) in [6, 6.07) is -4.24. The van der Waals surface area contributed by atoms with E-state index < -0.39 is 74.7 Å². The lowest BCUT2D eigenvalue weighted by atomic mass is 9.85. The smallest absolute Gasteiger partial charge is 0.315 e. The van der Waals surface area contributed by atoms with E-state index in [1.165, 1.54) is 19.0 Å². The normalized spacial score (nSPS) is 25.0. The predicted molar refractivity (Wildman–Crippen MR) is 164 cm³/mol. The number of hydrogen-bond acceptors (Lipinski definition) is 7. The molecule has 1 saturated heterocycles. The van der Waals surface area contributed by atoms with Crippen LogP contribution in [0.1, 0.15) is 68.2 Å². The van der Waals surface area contributed by atoms with E-state index in [9.17, 15) is 32.4 Å². The van der Waals surface area contributed by atoms with Gasteiger partial charge in [0.15, 0.2) is 0 Å². The van der Waals surface area contributed by atoms with Crippen molar-refractivity contribution in [3.05, 3.63) is 0 Å². The molecule has 1 unspecified atom stereocenters. The number of carbonyl (C=O) groups excluding carboxylic acids is 5. The number of nitrogens with two attached hydrogens (primary N) is 1. The quantitative estimate of drug-likeness (QED) is 0.184. The fourth-order valence-corrected chi connectivity index (χ4v) is 6.70. The second kappa shape index (κ2) is 12.2. The van der Waals surface area contributed by atoms with Crippen LogP contribution in [0.15, 0.2) is 0 Å². The predicted octanol–water partition coefficient (Wildman–Crippen LogP) is -0.0568. The fraction of sp³-hybridized carbons (Fsp3) is 0.828. The van der Waals surface area contributed by atoms with Gasteiger partial charge in [0.05, 0.1) is 0 Å². The number of amides is 5. The van der Waals surface area contributed by atoms with Crippen molar-refractivity contribution in [3.8, 4) is 0 Å². The maximum Gasteiger partial charge on any atom is 0.315 e. The van der Waals surface area contributed by atoms with E-state index in [1.807, 2.05) is 34.6 Å². The van der Waals surface area contributed by atoms with E-state index in [1.54, 1.807) is 20.8 Å². The summed E-state index contributed by atoms with van der Waals surface area (Å²) in [5, 5.41) is 8.35. The summed E-state index contributed by atoms with van der Waals surface area (Å²) in [6.45, 7) is 15.2. The summed E-state index contributed by atoms with van der Waals surface area (Å²) in [5.74, 6) is -3.19. The van der Waals surface area contributed by atoms with Gasteiger partial charge in [-0.25, -0.2) is 9.52 Å². The number of hydrogen-bond donors (Lipinski definition) is 5. The monoisotopic (exact) mass is 641 g/mol. The van der Waals surface area contributed by atoms with Crippen molar-refractivity contribution >= 4 is 39.7 Å². The van der Waals surface area contributed by atoms with Crippen molar-refractivity contribution in [2.75, 3.05) is 27.2 Å². The van der Waals surface area contributed by atoms with E-state index in [-0.39, 0.29) is 29.7 Å². The van der Waals surface area contributed by atoms with Crippen molar-refractivity contribution in [2.45, 2.75) is 92.4 Å². The maximum atomic E-state index is 14.2. The van der Waals surface area contributed by atoms with Gasteiger partial charge in [-0.15, -0.1) is 0 Å². The third kappa shape index (κ3) is 7.71. The number of piperidine rings is 1. The van der Waals surface area contributed by atoms with Crippen LogP contribution >= 0.6 is 0 Å². The van der Waals surface area contributed by atoms with Gasteiger partial charge in [0.25, 0.3) is 16.1 Å². The molecule has 0 spiro atoms. The van der Waals surface area contributed by atoms with Gasteiger partial charge in [-0.1, -0.05) is 55.4 Å². The Hall–Kier alpha value is -2.78. The molecule has 2 aliphatic carbocycles. The molecule has 14 nitrogen and oxygen atoms in total. The lowest BCUT2D eigenvalue weighted by molar-refractivity contribution is -0.145. The highest BCUT2D eigenvalue weighted by molar-refractivity contribution is 7.87. The minimum atomic E-state index is -3.74. The van der Waals surface area contributed by atoms with Gasteiger partial charge in [0.2, 0.25) is 17.6 Å². The van der Waals surface area contributed by atoms with E-state index in [2.05, 4.69) is 20.7 Å². The first kappa shape index (κ1) is 35.7. The minimum Gasteiger partial charge on any atom is -0.363 e. The van der Waals surface area contributed by atoms with Gasteiger partial charge in [-0.05, 0) is 46.8 Å². The van der Waals surface area contributed by atoms with E-state index in [0.717, 1.165) is 4.31 Å². The minimum absolute atomic E-state index is 0.0536. The van der Waals surface area contributed by atoms with E-state index in [4.69, 9.17) is 5.73 Å². The molecule has 5 amide bonds. The Balaban J connectivity index is 1.81. The standard InChI is InChI=1S/C29H51N7O7S/c1-27(2,3)17(13-31-44(42,43)35(9)10)32-26(41)34-22(28(4,5)6)25(40)36-14-16-18(29(16,7)8)20(36)24(39)33-19(15-11-12-15)21(37)23(30)38/h15-20,22,31H,11-14H2,1-10H3,(H2,30,38)(H,33,39)(H2,32,34,41)/t16-,17+,18-,19?,20-,22+/m0/s1. The molecule has 2 saturated carbocycles. The summed E-state index contributed by atoms with van der Waals surface area (Å²) < 4.78 is 28.1. The molecule has 0 radical (unpaired) electrons. The number of rotatable bonds is 12. The van der Waals surface area contributed by atoms with Gasteiger partial charge in [-0.2, -0.15) is 12.7 Å². The highest BCUT2D eigenvalue weighted by atomic mass is 32.2. The largest absolute Gasteiger partial charge is 0.363 e. The van der Waals surface area contributed by atoms with Crippen LogP contribution < -0.4 is 26.4 Å². The molecule has 3 fully saturated rings. The Morgan fingerprint density at radius 1 is 0.955 bits per heavy atom. The number of likely N-dealkylation sites (tertiary alicyclic amines) is 1. The van der Waals surface area contributed by atoms with Crippen LogP contribution in [0.25, 0.3) is 0 Å². The van der Waals surface area contributed by atoms with Gasteiger partial charge in [0.1, 0.15) is 18.1 Å². The molecule has 3 aliphatic rings. The first-order valence-electron chi connectivity index (χ1n) is 15.1. The number of nitrogens with zero attached hydrogens (tertiary/aromatic N) is 2. The zero-order valence-electron chi connectivity index (χ0n) is 27.6. The molecule has 1 heterocycles. The summed E-state index contributed by atoms with van der Waals surface area (Å²) in [6.07, 6.45) is 1.37. The van der Waals surface area contributed by atoms with Gasteiger partial charge in [0, 0.05) is 33.2 Å². The van der Waals surface area contributed by atoms with Crippen molar-refractivity contribution in [1.29, 1.82) is 0 Å². The molecule has 0 aromatic carbocycles. The van der Waals surface area contributed by atoms with Crippen LogP contribution in [-0.2, 0) is 29.4 Å². The third-order valence-electron chi connectivity index (χ3n) is 9.37. The Bertz CT molecular complexity index is 1280. The third-order valence-corrected chi connectivity index (χ3v) is 10.9. The van der Waals surface area contributed by atoms with Crippen molar-refractivity contribution in [2.24, 2.45) is 39.7 Å². The van der Waals surface area contributed by atoms with Crippen molar-refractivity contribution < 1.29 is 32.4 Å². The number of carbonyl (C=O) groups is 5. The van der Waals surface area contributed by atoms with E-state index in [0.29, 0.717) is 19.4 Å². The number of primary amides is 1. The molecule has 44 heavy (non-hydrogen) atoms.